The molecule has 0 radical (unpaired) electrons. The highest BCUT2D eigenvalue weighted by Gasteiger charge is 2.36. The lowest BCUT2D eigenvalue weighted by Gasteiger charge is -2.09. The van der Waals surface area contributed by atoms with Crippen molar-refractivity contribution in [1.82, 2.24) is 19.9 Å². The number of carbonyl (C=O) groups excluding carboxylic acids is 1. The summed E-state index contributed by atoms with van der Waals surface area (Å²) in [6, 6.07) is 0.894. The van der Waals surface area contributed by atoms with Gasteiger partial charge in [-0.05, 0) is 35.3 Å². The van der Waals surface area contributed by atoms with Crippen LogP contribution in [-0.2, 0) is 6.18 Å². The van der Waals surface area contributed by atoms with Gasteiger partial charge in [0.1, 0.15) is 5.69 Å². The van der Waals surface area contributed by atoms with Gasteiger partial charge in [-0.2, -0.15) is 18.3 Å². The minimum absolute atomic E-state index is 0.0343. The zero-order chi connectivity index (χ0) is 16.5. The van der Waals surface area contributed by atoms with Crippen molar-refractivity contribution in [3.8, 4) is 0 Å². The van der Waals surface area contributed by atoms with E-state index >= 15 is 0 Å². The first-order valence-electron chi connectivity index (χ1n) is 6.67. The number of halogens is 4. The van der Waals surface area contributed by atoms with E-state index in [4.69, 9.17) is 0 Å². The molecule has 2 rings (SSSR count). The Labute approximate surface area is 133 Å². The number of hydrogen-bond donors (Lipinski definition) is 1. The third-order valence-electron chi connectivity index (χ3n) is 2.98. The minimum atomic E-state index is -4.59. The lowest BCUT2D eigenvalue weighted by molar-refractivity contribution is -0.142. The predicted octanol–water partition coefficient (Wildman–Crippen LogP) is 3.35. The Morgan fingerprint density at radius 1 is 1.45 bits per heavy atom. The average Bonchev–Trinajstić information content (AvgIpc) is 2.75. The molecule has 0 unspecified atom stereocenters. The van der Waals surface area contributed by atoms with Crippen LogP contribution in [0.5, 0.6) is 0 Å². The van der Waals surface area contributed by atoms with Gasteiger partial charge in [0.25, 0.3) is 5.91 Å². The molecule has 0 fully saturated rings. The molecule has 0 aliphatic carbocycles. The summed E-state index contributed by atoms with van der Waals surface area (Å²) >= 11 is 3.12. The van der Waals surface area contributed by atoms with Gasteiger partial charge in [-0.15, -0.1) is 0 Å². The molecule has 0 bridgehead atoms. The normalized spacial score (nSPS) is 11.9. The number of hydrogen-bond acceptors (Lipinski definition) is 3. The predicted molar refractivity (Wildman–Crippen MR) is 77.7 cm³/mol. The van der Waals surface area contributed by atoms with Crippen molar-refractivity contribution in [1.29, 1.82) is 0 Å². The second kappa shape index (κ2) is 6.23. The number of rotatable bonds is 4. The second-order valence-electron chi connectivity index (χ2n) is 4.79. The van der Waals surface area contributed by atoms with Crippen LogP contribution in [0.2, 0.25) is 0 Å². The minimum Gasteiger partial charge on any atom is -0.351 e. The maximum atomic E-state index is 13.1. The largest absolute Gasteiger partial charge is 0.433 e. The Kier molecular flexibility index (Phi) is 4.74. The highest BCUT2D eigenvalue weighted by Crippen LogP contribution is 2.32. The first-order chi connectivity index (χ1) is 10.3. The molecular weight excluding hydrogens is 365 g/mol. The van der Waals surface area contributed by atoms with Gasteiger partial charge in [-0.3, -0.25) is 4.79 Å². The number of amides is 1. The van der Waals surface area contributed by atoms with Crippen molar-refractivity contribution in [3.05, 3.63) is 27.6 Å². The Morgan fingerprint density at radius 2 is 2.14 bits per heavy atom. The van der Waals surface area contributed by atoms with Gasteiger partial charge in [0.2, 0.25) is 0 Å². The lowest BCUT2D eigenvalue weighted by atomic mass is 10.3. The van der Waals surface area contributed by atoms with Crippen molar-refractivity contribution in [2.24, 2.45) is 0 Å². The van der Waals surface area contributed by atoms with E-state index in [0.29, 0.717) is 11.1 Å². The van der Waals surface area contributed by atoms with Crippen LogP contribution < -0.4 is 5.32 Å². The Bertz CT molecular complexity index is 711. The molecule has 2 aromatic rings. The van der Waals surface area contributed by atoms with Crippen LogP contribution in [0.3, 0.4) is 0 Å². The summed E-state index contributed by atoms with van der Waals surface area (Å²) in [5, 5.41) is 6.39. The number of nitrogens with zero attached hydrogens (tertiary/aromatic N) is 3. The molecular formula is C13H14BrF3N4O. The molecule has 0 spiro atoms. The molecule has 0 saturated carbocycles. The molecule has 0 atom stereocenters. The quantitative estimate of drug-likeness (QED) is 0.829. The van der Waals surface area contributed by atoms with Gasteiger partial charge in [-0.25, -0.2) is 9.50 Å². The van der Waals surface area contributed by atoms with E-state index in [0.717, 1.165) is 18.9 Å². The summed E-state index contributed by atoms with van der Waals surface area (Å²) in [5.74, 6) is -0.531. The summed E-state index contributed by atoms with van der Waals surface area (Å²) in [4.78, 5) is 16.1. The fourth-order valence-corrected chi connectivity index (χ4v) is 2.44. The van der Waals surface area contributed by atoms with E-state index in [2.05, 4.69) is 31.3 Å². The fraction of sp³-hybridized carbons (Fsp3) is 0.462. The summed E-state index contributed by atoms with van der Waals surface area (Å²) in [5.41, 5.74) is -0.922. The topological polar surface area (TPSA) is 59.3 Å². The van der Waals surface area contributed by atoms with Crippen LogP contribution in [0.1, 0.15) is 41.6 Å². The molecule has 1 N–H and O–H groups in total. The van der Waals surface area contributed by atoms with E-state index in [-0.39, 0.29) is 21.5 Å². The number of nitrogens with one attached hydrogen (secondary N) is 1. The molecule has 0 saturated heterocycles. The van der Waals surface area contributed by atoms with Gasteiger partial charge in [0.15, 0.2) is 11.3 Å². The van der Waals surface area contributed by atoms with E-state index in [1.807, 2.05) is 6.92 Å². The van der Waals surface area contributed by atoms with Crippen molar-refractivity contribution in [2.45, 2.75) is 32.9 Å². The van der Waals surface area contributed by atoms with E-state index in [1.165, 1.54) is 6.92 Å². The van der Waals surface area contributed by atoms with Gasteiger partial charge in [-0.1, -0.05) is 13.3 Å². The van der Waals surface area contributed by atoms with Gasteiger partial charge in [0, 0.05) is 12.2 Å². The van der Waals surface area contributed by atoms with Gasteiger partial charge < -0.3 is 5.32 Å². The third kappa shape index (κ3) is 3.23. The van der Waals surface area contributed by atoms with Crippen LogP contribution in [0.15, 0.2) is 10.5 Å². The zero-order valence-corrected chi connectivity index (χ0v) is 13.5. The first kappa shape index (κ1) is 16.7. The Balaban J connectivity index is 2.51. The third-order valence-corrected chi connectivity index (χ3v) is 3.71. The van der Waals surface area contributed by atoms with Crippen molar-refractivity contribution >= 4 is 27.5 Å². The molecule has 0 aromatic carbocycles. The van der Waals surface area contributed by atoms with Crippen LogP contribution >= 0.6 is 15.9 Å². The maximum absolute atomic E-state index is 13.1. The zero-order valence-electron chi connectivity index (χ0n) is 12.0. The van der Waals surface area contributed by atoms with Crippen molar-refractivity contribution < 1.29 is 18.0 Å². The van der Waals surface area contributed by atoms with Gasteiger partial charge in [0.05, 0.1) is 4.47 Å². The molecule has 120 valence electrons. The van der Waals surface area contributed by atoms with E-state index in [9.17, 15) is 18.0 Å². The molecule has 0 aliphatic heterocycles. The van der Waals surface area contributed by atoms with Crippen LogP contribution in [0, 0.1) is 6.92 Å². The van der Waals surface area contributed by atoms with Crippen LogP contribution in [0.25, 0.3) is 5.65 Å². The molecule has 2 heterocycles. The fourth-order valence-electron chi connectivity index (χ4n) is 1.92. The van der Waals surface area contributed by atoms with Crippen LogP contribution in [-0.4, -0.2) is 27.0 Å². The summed E-state index contributed by atoms with van der Waals surface area (Å²) in [7, 11) is 0. The smallest absolute Gasteiger partial charge is 0.351 e. The number of aryl methyl sites for hydroxylation is 1. The summed E-state index contributed by atoms with van der Waals surface area (Å²) < 4.78 is 40.0. The number of aromatic nitrogens is 3. The van der Waals surface area contributed by atoms with Gasteiger partial charge >= 0.3 is 6.18 Å². The molecule has 1 amide bonds. The number of fused-ring (bicyclic) bond motifs is 1. The van der Waals surface area contributed by atoms with E-state index in [1.54, 1.807) is 0 Å². The van der Waals surface area contributed by atoms with Crippen molar-refractivity contribution in [2.75, 3.05) is 6.54 Å². The SMILES string of the molecule is CCCCNC(=O)c1nn2c(C(F)(F)F)cc(C)nc2c1Br. The summed E-state index contributed by atoms with van der Waals surface area (Å²) in [6.07, 6.45) is -2.92. The molecule has 22 heavy (non-hydrogen) atoms. The first-order valence-corrected chi connectivity index (χ1v) is 7.46. The molecule has 2 aromatic heterocycles. The van der Waals surface area contributed by atoms with Crippen molar-refractivity contribution in [3.63, 3.8) is 0 Å². The monoisotopic (exact) mass is 378 g/mol. The average molecular weight is 379 g/mol. The Morgan fingerprint density at radius 3 is 2.73 bits per heavy atom. The maximum Gasteiger partial charge on any atom is 0.433 e. The highest BCUT2D eigenvalue weighted by atomic mass is 79.9. The molecule has 5 nitrogen and oxygen atoms in total. The number of unbranched alkanes of at least 4 members (excludes halogenated alkanes) is 1. The van der Waals surface area contributed by atoms with Crippen LogP contribution in [0.4, 0.5) is 13.2 Å². The summed E-state index contributed by atoms with van der Waals surface area (Å²) in [6.45, 7) is 3.86. The standard InChI is InChI=1S/C13H14BrF3N4O/c1-3-4-5-18-12(22)10-9(14)11-19-7(2)6-8(13(15,16)17)21(11)20-10/h6H,3-5H2,1-2H3,(H,18,22). The van der Waals surface area contributed by atoms with E-state index < -0.39 is 17.8 Å². The number of carbonyl (C=O) groups is 1. The Hall–Kier alpha value is -1.64. The lowest BCUT2D eigenvalue weighted by Crippen LogP contribution is -2.25. The highest BCUT2D eigenvalue weighted by molar-refractivity contribution is 9.10. The number of alkyl halides is 3. The molecule has 9 heteroatoms. The molecule has 0 aliphatic rings. The second-order valence-corrected chi connectivity index (χ2v) is 5.58.